The maximum atomic E-state index is 13.4. The van der Waals surface area contributed by atoms with Gasteiger partial charge in [0.1, 0.15) is 17.6 Å². The van der Waals surface area contributed by atoms with E-state index < -0.39 is 29.8 Å². The van der Waals surface area contributed by atoms with Gasteiger partial charge in [-0.3, -0.25) is 0 Å². The van der Waals surface area contributed by atoms with E-state index in [2.05, 4.69) is 10.3 Å². The Morgan fingerprint density at radius 1 is 1.38 bits per heavy atom. The molecule has 2 aromatic rings. The minimum atomic E-state index is -4.95. The van der Waals surface area contributed by atoms with Crippen LogP contribution in [0.25, 0.3) is 0 Å². The Morgan fingerprint density at radius 2 is 2.12 bits per heavy atom. The molecule has 0 bridgehead atoms. The van der Waals surface area contributed by atoms with E-state index in [0.717, 1.165) is 17.0 Å². The number of carbonyl (C=O) groups is 1. The zero-order valence-electron chi connectivity index (χ0n) is 13.2. The van der Waals surface area contributed by atoms with Gasteiger partial charge in [0.25, 0.3) is 0 Å². The quantitative estimate of drug-likeness (QED) is 0.802. The summed E-state index contributed by atoms with van der Waals surface area (Å²) in [5.41, 5.74) is 0.375. The molecule has 0 spiro atoms. The average molecular weight is 373 g/mol. The van der Waals surface area contributed by atoms with Gasteiger partial charge >= 0.3 is 6.18 Å². The van der Waals surface area contributed by atoms with Gasteiger partial charge in [-0.15, -0.1) is 5.10 Å². The zero-order chi connectivity index (χ0) is 19.1. The number of amides is 1. The van der Waals surface area contributed by atoms with E-state index in [1.165, 1.54) is 4.68 Å². The van der Waals surface area contributed by atoms with E-state index >= 15 is 0 Å². The van der Waals surface area contributed by atoms with Crippen LogP contribution in [0.5, 0.6) is 0 Å². The number of alkyl halides is 3. The number of halogens is 4. The van der Waals surface area contributed by atoms with Crippen molar-refractivity contribution < 1.29 is 32.6 Å². The van der Waals surface area contributed by atoms with Gasteiger partial charge in [0.15, 0.2) is 6.10 Å². The monoisotopic (exact) mass is 373 g/mol. The van der Waals surface area contributed by atoms with Crippen LogP contribution in [0.1, 0.15) is 28.6 Å². The standard InChI is InChI=1S/C15H14F4N4O3/c16-9-2-1-8(10(5-9)13(24)15(17,18)19)6-23-12-3-4-22(14(25)26)7-11(12)20-21-23/h1-2,5,13,24H,3-4,6-7H2,(H,25,26)/p-1. The second kappa shape index (κ2) is 6.56. The molecule has 0 saturated carbocycles. The van der Waals surface area contributed by atoms with Crippen LogP contribution in [0.4, 0.5) is 22.4 Å². The van der Waals surface area contributed by atoms with Crippen LogP contribution in [0.3, 0.4) is 0 Å². The summed E-state index contributed by atoms with van der Waals surface area (Å²) in [6, 6.07) is 2.77. The molecule has 0 radical (unpaired) electrons. The van der Waals surface area contributed by atoms with Crippen molar-refractivity contribution in [3.05, 3.63) is 46.5 Å². The van der Waals surface area contributed by atoms with Crippen LogP contribution in [0.2, 0.25) is 0 Å². The third-order valence-electron chi connectivity index (χ3n) is 4.17. The molecule has 3 rings (SSSR count). The number of benzene rings is 1. The predicted octanol–water partition coefficient (Wildman–Crippen LogP) is 0.763. The van der Waals surface area contributed by atoms with Gasteiger partial charge in [0.2, 0.25) is 0 Å². The highest BCUT2D eigenvalue weighted by atomic mass is 19.4. The van der Waals surface area contributed by atoms with Crippen molar-refractivity contribution in [2.45, 2.75) is 31.8 Å². The van der Waals surface area contributed by atoms with E-state index in [4.69, 9.17) is 0 Å². The number of hydrogen-bond donors (Lipinski definition) is 1. The lowest BCUT2D eigenvalue weighted by Gasteiger charge is -2.28. The molecular formula is C15H13F4N4O3-. The highest BCUT2D eigenvalue weighted by Crippen LogP contribution is 2.35. The molecule has 1 atom stereocenters. The second-order valence-corrected chi connectivity index (χ2v) is 5.87. The zero-order valence-corrected chi connectivity index (χ0v) is 13.2. The van der Waals surface area contributed by atoms with E-state index in [-0.39, 0.29) is 31.6 Å². The highest BCUT2D eigenvalue weighted by Gasteiger charge is 2.40. The van der Waals surface area contributed by atoms with Gasteiger partial charge in [0.05, 0.1) is 18.8 Å². The number of carboxylic acid groups (broad SMARTS) is 1. The number of hydrogen-bond acceptors (Lipinski definition) is 5. The number of aliphatic hydroxyl groups is 1. The number of aliphatic hydroxyl groups excluding tert-OH is 1. The van der Waals surface area contributed by atoms with Gasteiger partial charge in [-0.05, 0) is 23.3 Å². The lowest BCUT2D eigenvalue weighted by molar-refractivity contribution is -0.266. The molecule has 0 saturated heterocycles. The first-order valence-electron chi connectivity index (χ1n) is 7.57. The molecule has 1 aromatic carbocycles. The predicted molar refractivity (Wildman–Crippen MR) is 76.0 cm³/mol. The van der Waals surface area contributed by atoms with Crippen molar-refractivity contribution in [3.8, 4) is 0 Å². The molecule has 1 aliphatic heterocycles. The fourth-order valence-corrected chi connectivity index (χ4v) is 2.85. The highest BCUT2D eigenvalue weighted by molar-refractivity contribution is 5.62. The molecule has 11 heteroatoms. The summed E-state index contributed by atoms with van der Waals surface area (Å²) >= 11 is 0. The van der Waals surface area contributed by atoms with Crippen LogP contribution in [-0.4, -0.2) is 43.8 Å². The van der Waals surface area contributed by atoms with Crippen molar-refractivity contribution in [1.29, 1.82) is 0 Å². The lowest BCUT2D eigenvalue weighted by atomic mass is 10.0. The Bertz CT molecular complexity index is 837. The van der Waals surface area contributed by atoms with Crippen molar-refractivity contribution in [1.82, 2.24) is 19.9 Å². The molecule has 2 heterocycles. The Labute approximate surface area is 144 Å². The van der Waals surface area contributed by atoms with Gasteiger partial charge < -0.3 is 19.9 Å². The number of aromatic nitrogens is 3. The Balaban J connectivity index is 1.91. The van der Waals surface area contributed by atoms with Crippen molar-refractivity contribution in [3.63, 3.8) is 0 Å². The van der Waals surface area contributed by atoms with Crippen LogP contribution in [0.15, 0.2) is 18.2 Å². The number of nitrogens with zero attached hydrogens (tertiary/aromatic N) is 4. The molecular weight excluding hydrogens is 360 g/mol. The number of carbonyl (C=O) groups excluding carboxylic acids is 1. The van der Waals surface area contributed by atoms with Gasteiger partial charge in [-0.25, -0.2) is 9.07 Å². The van der Waals surface area contributed by atoms with Gasteiger partial charge in [-0.1, -0.05) is 11.3 Å². The summed E-state index contributed by atoms with van der Waals surface area (Å²) in [6.45, 7) is -0.0559. The third-order valence-corrected chi connectivity index (χ3v) is 4.17. The third kappa shape index (κ3) is 3.47. The molecule has 1 N–H and O–H groups in total. The molecule has 140 valence electrons. The lowest BCUT2D eigenvalue weighted by Crippen LogP contribution is -2.44. The number of fused-ring (bicyclic) bond motifs is 1. The molecule has 1 aromatic heterocycles. The minimum absolute atomic E-state index is 0.0287. The van der Waals surface area contributed by atoms with Crippen LogP contribution >= 0.6 is 0 Å². The maximum Gasteiger partial charge on any atom is 0.418 e. The SMILES string of the molecule is O=C([O-])N1CCc2c(nnn2Cc2ccc(F)cc2C(O)C(F)(F)F)C1. The summed E-state index contributed by atoms with van der Waals surface area (Å²) in [4.78, 5) is 11.9. The van der Waals surface area contributed by atoms with Crippen molar-refractivity contribution in [2.24, 2.45) is 0 Å². The Hall–Kier alpha value is -2.69. The van der Waals surface area contributed by atoms with Gasteiger partial charge in [-0.2, -0.15) is 13.2 Å². The molecule has 1 unspecified atom stereocenters. The number of rotatable bonds is 3. The van der Waals surface area contributed by atoms with E-state index in [0.29, 0.717) is 17.5 Å². The molecule has 0 fully saturated rings. The van der Waals surface area contributed by atoms with Crippen LogP contribution in [0, 0.1) is 5.82 Å². The first kappa shape index (κ1) is 18.1. The summed E-state index contributed by atoms with van der Waals surface area (Å²) < 4.78 is 53.2. The summed E-state index contributed by atoms with van der Waals surface area (Å²) in [7, 11) is 0. The maximum absolute atomic E-state index is 13.4. The molecule has 7 nitrogen and oxygen atoms in total. The minimum Gasteiger partial charge on any atom is -0.530 e. The van der Waals surface area contributed by atoms with Crippen LogP contribution in [-0.2, 0) is 19.5 Å². The van der Waals surface area contributed by atoms with E-state index in [1.54, 1.807) is 0 Å². The Kier molecular flexibility index (Phi) is 4.57. The second-order valence-electron chi connectivity index (χ2n) is 5.87. The van der Waals surface area contributed by atoms with E-state index in [9.17, 15) is 32.6 Å². The van der Waals surface area contributed by atoms with Gasteiger partial charge in [0, 0.05) is 13.0 Å². The van der Waals surface area contributed by atoms with Crippen LogP contribution < -0.4 is 5.11 Å². The fourth-order valence-electron chi connectivity index (χ4n) is 2.85. The first-order valence-corrected chi connectivity index (χ1v) is 7.57. The fraction of sp³-hybridized carbons (Fsp3) is 0.400. The largest absolute Gasteiger partial charge is 0.530 e. The smallest absolute Gasteiger partial charge is 0.418 e. The van der Waals surface area contributed by atoms with Crippen molar-refractivity contribution >= 4 is 6.09 Å². The first-order chi connectivity index (χ1) is 12.2. The molecule has 0 aliphatic carbocycles. The summed E-state index contributed by atoms with van der Waals surface area (Å²) in [5.74, 6) is -0.905. The Morgan fingerprint density at radius 3 is 2.77 bits per heavy atom. The normalized spacial score (nSPS) is 15.7. The average Bonchev–Trinajstić information content (AvgIpc) is 2.97. The summed E-state index contributed by atoms with van der Waals surface area (Å²) in [6.07, 6.45) is -8.87. The topological polar surface area (TPSA) is 94.3 Å². The molecule has 1 aliphatic rings. The van der Waals surface area contributed by atoms with Crippen molar-refractivity contribution in [2.75, 3.05) is 6.54 Å². The summed E-state index contributed by atoms with van der Waals surface area (Å²) in [5, 5.41) is 28.1. The molecule has 1 amide bonds. The van der Waals surface area contributed by atoms with E-state index in [1.807, 2.05) is 0 Å². The molecule has 26 heavy (non-hydrogen) atoms.